The van der Waals surface area contributed by atoms with Gasteiger partial charge in [0.15, 0.2) is 0 Å². The Morgan fingerprint density at radius 1 is 1.12 bits per heavy atom. The van der Waals surface area contributed by atoms with E-state index in [1.807, 2.05) is 24.3 Å². The highest BCUT2D eigenvalue weighted by molar-refractivity contribution is 6.06. The molecule has 4 rings (SSSR count). The number of nitrogens with zero attached hydrogens (tertiary/aromatic N) is 1. The molecule has 1 aliphatic rings. The summed E-state index contributed by atoms with van der Waals surface area (Å²) in [5, 5.41) is 10.9. The monoisotopic (exact) mass is 427 g/mol. The highest BCUT2D eigenvalue weighted by Gasteiger charge is 2.36. The second kappa shape index (κ2) is 8.54. The van der Waals surface area contributed by atoms with E-state index in [0.717, 1.165) is 52.6 Å². The van der Waals surface area contributed by atoms with Crippen LogP contribution in [0.4, 0.5) is 0 Å². The van der Waals surface area contributed by atoms with Crippen molar-refractivity contribution in [1.82, 2.24) is 4.98 Å². The molecule has 3 nitrogen and oxygen atoms in total. The Balaban J connectivity index is 1.93. The average molecular weight is 428 g/mol. The van der Waals surface area contributed by atoms with Crippen LogP contribution in [0.2, 0.25) is 0 Å². The minimum atomic E-state index is -0.865. The summed E-state index contributed by atoms with van der Waals surface area (Å²) in [7, 11) is 0. The maximum Gasteiger partial charge on any atom is 0.336 e. The molecule has 0 fully saturated rings. The maximum atomic E-state index is 12.4. The van der Waals surface area contributed by atoms with Crippen LogP contribution in [0.5, 0.6) is 0 Å². The molecule has 0 aliphatic heterocycles. The van der Waals surface area contributed by atoms with Crippen molar-refractivity contribution in [2.75, 3.05) is 0 Å². The van der Waals surface area contributed by atoms with Crippen LogP contribution in [0.3, 0.4) is 0 Å². The largest absolute Gasteiger partial charge is 0.478 e. The number of aromatic carboxylic acids is 1. The maximum absolute atomic E-state index is 12.4. The smallest absolute Gasteiger partial charge is 0.336 e. The predicted molar refractivity (Wildman–Crippen MR) is 133 cm³/mol. The molecular formula is C29H33NO2. The molecule has 1 aliphatic carbocycles. The summed E-state index contributed by atoms with van der Waals surface area (Å²) in [4.78, 5) is 17.4. The van der Waals surface area contributed by atoms with Crippen molar-refractivity contribution in [2.24, 2.45) is 11.3 Å². The van der Waals surface area contributed by atoms with Gasteiger partial charge in [-0.2, -0.15) is 0 Å². The van der Waals surface area contributed by atoms with Crippen LogP contribution >= 0.6 is 0 Å². The summed E-state index contributed by atoms with van der Waals surface area (Å²) in [6, 6.07) is 16.3. The molecule has 1 atom stereocenters. The first-order valence-electron chi connectivity index (χ1n) is 11.7. The number of carbonyl (C=O) groups is 1. The molecule has 166 valence electrons. The van der Waals surface area contributed by atoms with Crippen LogP contribution in [0.1, 0.15) is 86.1 Å². The van der Waals surface area contributed by atoms with E-state index < -0.39 is 5.97 Å². The highest BCUT2D eigenvalue weighted by Crippen LogP contribution is 2.46. The van der Waals surface area contributed by atoms with E-state index in [4.69, 9.17) is 4.98 Å². The number of rotatable bonds is 5. The lowest BCUT2D eigenvalue weighted by atomic mass is 9.67. The van der Waals surface area contributed by atoms with Gasteiger partial charge in [0.1, 0.15) is 0 Å². The van der Waals surface area contributed by atoms with Crippen LogP contribution in [-0.2, 0) is 6.42 Å². The quantitative estimate of drug-likeness (QED) is 0.456. The number of pyridine rings is 1. The Morgan fingerprint density at radius 3 is 2.44 bits per heavy atom. The SMILES string of the molecule is CCC(C)(C)[C@@H]1C/C(=C\c2ccc(C(C)C)cc2)c2nc3ccccc3c(C(=O)O)c2C1. The summed E-state index contributed by atoms with van der Waals surface area (Å²) in [6.45, 7) is 11.2. The lowest BCUT2D eigenvalue weighted by Crippen LogP contribution is -2.30. The molecule has 0 radical (unpaired) electrons. The first-order chi connectivity index (χ1) is 15.2. The molecule has 0 amide bonds. The van der Waals surface area contributed by atoms with Gasteiger partial charge in [-0.15, -0.1) is 0 Å². The molecule has 0 spiro atoms. The van der Waals surface area contributed by atoms with Crippen LogP contribution in [0.15, 0.2) is 48.5 Å². The third-order valence-corrected chi connectivity index (χ3v) is 7.39. The van der Waals surface area contributed by atoms with Gasteiger partial charge in [-0.25, -0.2) is 9.78 Å². The van der Waals surface area contributed by atoms with E-state index in [-0.39, 0.29) is 5.41 Å². The number of benzene rings is 2. The van der Waals surface area contributed by atoms with Crippen LogP contribution in [0, 0.1) is 11.3 Å². The molecular weight excluding hydrogens is 394 g/mol. The van der Waals surface area contributed by atoms with Crippen molar-refractivity contribution >= 4 is 28.5 Å². The van der Waals surface area contributed by atoms with Crippen molar-refractivity contribution in [3.8, 4) is 0 Å². The fraction of sp³-hybridized carbons (Fsp3) is 0.379. The van der Waals surface area contributed by atoms with Crippen molar-refractivity contribution < 1.29 is 9.90 Å². The van der Waals surface area contributed by atoms with Crippen molar-refractivity contribution in [3.63, 3.8) is 0 Å². The second-order valence-corrected chi connectivity index (χ2v) is 10.1. The molecule has 1 heterocycles. The van der Waals surface area contributed by atoms with E-state index in [1.165, 1.54) is 5.56 Å². The molecule has 2 aromatic carbocycles. The van der Waals surface area contributed by atoms with Gasteiger partial charge in [0.2, 0.25) is 0 Å². The standard InChI is InChI=1S/C29H33NO2/c1-6-29(4,5)22-16-21(15-19-11-13-20(14-12-19)18(2)3)27-24(17-22)26(28(31)32)23-9-7-8-10-25(23)30-27/h7-15,18,22H,6,16-17H2,1-5H3,(H,31,32)/b21-15+/t22-/m1/s1. The number of carboxylic acid groups (broad SMARTS) is 1. The molecule has 0 saturated heterocycles. The topological polar surface area (TPSA) is 50.2 Å². The molecule has 1 aromatic heterocycles. The number of carboxylic acids is 1. The van der Waals surface area contributed by atoms with Crippen molar-refractivity contribution in [1.29, 1.82) is 0 Å². The Morgan fingerprint density at radius 2 is 1.81 bits per heavy atom. The number of fused-ring (bicyclic) bond motifs is 2. The number of hydrogen-bond acceptors (Lipinski definition) is 2. The Labute approximate surface area is 191 Å². The fourth-order valence-corrected chi connectivity index (χ4v) is 4.79. The molecule has 32 heavy (non-hydrogen) atoms. The zero-order chi connectivity index (χ0) is 23.0. The lowest BCUT2D eigenvalue weighted by Gasteiger charge is -2.38. The molecule has 3 heteroatoms. The van der Waals surface area contributed by atoms with Gasteiger partial charge >= 0.3 is 5.97 Å². The summed E-state index contributed by atoms with van der Waals surface area (Å²) >= 11 is 0. The normalized spacial score (nSPS) is 17.7. The number of aromatic nitrogens is 1. The Hall–Kier alpha value is -2.94. The molecule has 1 N–H and O–H groups in total. The first-order valence-corrected chi connectivity index (χ1v) is 11.7. The van der Waals surface area contributed by atoms with Gasteiger partial charge in [0, 0.05) is 5.39 Å². The van der Waals surface area contributed by atoms with Gasteiger partial charge in [0.05, 0.1) is 16.8 Å². The average Bonchev–Trinajstić information content (AvgIpc) is 2.77. The minimum Gasteiger partial charge on any atom is -0.478 e. The van der Waals surface area contributed by atoms with Gasteiger partial charge in [-0.3, -0.25) is 0 Å². The van der Waals surface area contributed by atoms with E-state index in [1.54, 1.807) is 0 Å². The van der Waals surface area contributed by atoms with Crippen LogP contribution in [-0.4, -0.2) is 16.1 Å². The lowest BCUT2D eigenvalue weighted by molar-refractivity contribution is 0.0696. The zero-order valence-corrected chi connectivity index (χ0v) is 19.8. The summed E-state index contributed by atoms with van der Waals surface area (Å²) in [6.07, 6.45) is 4.92. The molecule has 0 unspecified atom stereocenters. The van der Waals surface area contributed by atoms with E-state index >= 15 is 0 Å². The third-order valence-electron chi connectivity index (χ3n) is 7.39. The summed E-state index contributed by atoms with van der Waals surface area (Å²) in [5.74, 6) is -0.00862. The van der Waals surface area contributed by atoms with Crippen LogP contribution < -0.4 is 0 Å². The molecule has 3 aromatic rings. The third kappa shape index (κ3) is 4.09. The van der Waals surface area contributed by atoms with E-state index in [0.29, 0.717) is 17.4 Å². The number of hydrogen-bond donors (Lipinski definition) is 1. The molecule has 0 saturated carbocycles. The van der Waals surface area contributed by atoms with Gasteiger partial charge < -0.3 is 5.11 Å². The molecule has 0 bridgehead atoms. The number of para-hydroxylation sites is 1. The van der Waals surface area contributed by atoms with Gasteiger partial charge in [0.25, 0.3) is 0 Å². The first kappa shape index (κ1) is 22.3. The number of allylic oxidation sites excluding steroid dienone is 1. The van der Waals surface area contributed by atoms with Gasteiger partial charge in [-0.05, 0) is 64.5 Å². The minimum absolute atomic E-state index is 0.111. The fourth-order valence-electron chi connectivity index (χ4n) is 4.79. The zero-order valence-electron chi connectivity index (χ0n) is 19.8. The summed E-state index contributed by atoms with van der Waals surface area (Å²) < 4.78 is 0. The van der Waals surface area contributed by atoms with E-state index in [2.05, 4.69) is 65.0 Å². The summed E-state index contributed by atoms with van der Waals surface area (Å²) in [5.41, 5.74) is 6.62. The Bertz CT molecular complexity index is 1190. The van der Waals surface area contributed by atoms with Crippen molar-refractivity contribution in [3.05, 3.63) is 76.5 Å². The van der Waals surface area contributed by atoms with E-state index in [9.17, 15) is 9.90 Å². The predicted octanol–water partition coefficient (Wildman–Crippen LogP) is 7.60. The van der Waals surface area contributed by atoms with Crippen LogP contribution in [0.25, 0.3) is 22.6 Å². The Kier molecular flexibility index (Phi) is 5.94. The second-order valence-electron chi connectivity index (χ2n) is 10.1. The van der Waals surface area contributed by atoms with Crippen molar-refractivity contribution in [2.45, 2.75) is 59.8 Å². The highest BCUT2D eigenvalue weighted by atomic mass is 16.4. The van der Waals surface area contributed by atoms with Gasteiger partial charge in [-0.1, -0.05) is 83.5 Å².